The lowest BCUT2D eigenvalue weighted by atomic mass is 10.1. The molecular formula is C26H38N2O3S. The Kier molecular flexibility index (Phi) is 12.1. The summed E-state index contributed by atoms with van der Waals surface area (Å²) in [5, 5.41) is 2.06. The highest BCUT2D eigenvalue weighted by molar-refractivity contribution is 7.10. The molecule has 0 N–H and O–H groups in total. The molecule has 6 heteroatoms. The third kappa shape index (κ3) is 9.13. The molecule has 5 nitrogen and oxygen atoms in total. The van der Waals surface area contributed by atoms with Gasteiger partial charge in [-0.1, -0.05) is 50.1 Å². The van der Waals surface area contributed by atoms with Crippen LogP contribution in [0.5, 0.6) is 0 Å². The summed E-state index contributed by atoms with van der Waals surface area (Å²) in [4.78, 5) is 31.1. The number of amides is 2. The van der Waals surface area contributed by atoms with Gasteiger partial charge in [0.2, 0.25) is 11.8 Å². The quantitative estimate of drug-likeness (QED) is 0.335. The van der Waals surface area contributed by atoms with E-state index in [0.717, 1.165) is 31.2 Å². The SMILES string of the molecule is CCCCCC(=O)N(CCCOCC)CC(=O)N(Cc1ccccc1)Cc1sccc1C. The normalized spacial score (nSPS) is 10.8. The van der Waals surface area contributed by atoms with E-state index in [1.54, 1.807) is 16.2 Å². The molecule has 0 spiro atoms. The van der Waals surface area contributed by atoms with Gasteiger partial charge in [0.1, 0.15) is 0 Å². The predicted molar refractivity (Wildman–Crippen MR) is 132 cm³/mol. The van der Waals surface area contributed by atoms with Gasteiger partial charge in [0.15, 0.2) is 0 Å². The standard InChI is InChI=1S/C26H38N2O3S/c1-4-6-8-14-25(29)27(16-11-17-31-5-2)21-26(30)28(19-23-12-9-7-10-13-23)20-24-22(3)15-18-32-24/h7,9-10,12-13,15,18H,4-6,8,11,14,16-17,19-21H2,1-3H3. The van der Waals surface area contributed by atoms with Crippen LogP contribution in [0, 0.1) is 6.92 Å². The number of aryl methyl sites for hydroxylation is 1. The summed E-state index contributed by atoms with van der Waals surface area (Å²) in [5.41, 5.74) is 2.29. The number of hydrogen-bond acceptors (Lipinski definition) is 4. The molecule has 0 fully saturated rings. The second-order valence-corrected chi connectivity index (χ2v) is 9.09. The molecule has 2 amide bonds. The Morgan fingerprint density at radius 1 is 0.938 bits per heavy atom. The third-order valence-corrected chi connectivity index (χ3v) is 6.47. The van der Waals surface area contributed by atoms with Crippen molar-refractivity contribution in [1.29, 1.82) is 0 Å². The van der Waals surface area contributed by atoms with Crippen molar-refractivity contribution in [3.63, 3.8) is 0 Å². The van der Waals surface area contributed by atoms with E-state index in [1.807, 2.05) is 42.2 Å². The van der Waals surface area contributed by atoms with Crippen LogP contribution in [0.1, 0.15) is 62.0 Å². The van der Waals surface area contributed by atoms with Gasteiger partial charge < -0.3 is 14.5 Å². The fourth-order valence-corrected chi connectivity index (χ4v) is 4.44. The molecule has 0 aliphatic heterocycles. The van der Waals surface area contributed by atoms with E-state index >= 15 is 0 Å². The zero-order valence-electron chi connectivity index (χ0n) is 19.8. The van der Waals surface area contributed by atoms with Crippen molar-refractivity contribution in [2.24, 2.45) is 0 Å². The van der Waals surface area contributed by atoms with E-state index < -0.39 is 0 Å². The first-order valence-corrected chi connectivity index (χ1v) is 12.6. The van der Waals surface area contributed by atoms with Gasteiger partial charge in [0.05, 0.1) is 13.1 Å². The van der Waals surface area contributed by atoms with Gasteiger partial charge in [-0.3, -0.25) is 9.59 Å². The lowest BCUT2D eigenvalue weighted by Gasteiger charge is -2.28. The number of unbranched alkanes of at least 4 members (excludes halogenated alkanes) is 2. The highest BCUT2D eigenvalue weighted by Gasteiger charge is 2.22. The van der Waals surface area contributed by atoms with E-state index in [2.05, 4.69) is 25.3 Å². The third-order valence-electron chi connectivity index (χ3n) is 5.47. The number of carbonyl (C=O) groups is 2. The highest BCUT2D eigenvalue weighted by atomic mass is 32.1. The molecule has 0 bridgehead atoms. The first-order valence-electron chi connectivity index (χ1n) is 11.7. The molecule has 0 aliphatic carbocycles. The molecule has 2 rings (SSSR count). The summed E-state index contributed by atoms with van der Waals surface area (Å²) >= 11 is 1.67. The fourth-order valence-electron chi connectivity index (χ4n) is 3.52. The fraction of sp³-hybridized carbons (Fsp3) is 0.538. The average Bonchev–Trinajstić information content (AvgIpc) is 3.20. The molecule has 1 aromatic heterocycles. The second-order valence-electron chi connectivity index (χ2n) is 8.09. The maximum atomic E-state index is 13.4. The molecule has 2 aromatic rings. The molecule has 0 aliphatic rings. The first kappa shape index (κ1) is 26.1. The molecule has 1 aromatic carbocycles. The van der Waals surface area contributed by atoms with Crippen LogP contribution in [0.2, 0.25) is 0 Å². The van der Waals surface area contributed by atoms with Crippen LogP contribution < -0.4 is 0 Å². The topological polar surface area (TPSA) is 49.9 Å². The minimum atomic E-state index is -0.0121. The lowest BCUT2D eigenvalue weighted by molar-refractivity contribution is -0.141. The highest BCUT2D eigenvalue weighted by Crippen LogP contribution is 2.20. The van der Waals surface area contributed by atoms with E-state index in [1.165, 1.54) is 10.4 Å². The Morgan fingerprint density at radius 3 is 2.38 bits per heavy atom. The van der Waals surface area contributed by atoms with Crippen LogP contribution >= 0.6 is 11.3 Å². The van der Waals surface area contributed by atoms with Gasteiger partial charge in [-0.2, -0.15) is 0 Å². The molecular weight excluding hydrogens is 420 g/mol. The summed E-state index contributed by atoms with van der Waals surface area (Å²) in [6.07, 6.45) is 4.21. The summed E-state index contributed by atoms with van der Waals surface area (Å²) in [6.45, 7) is 9.20. The molecule has 1 heterocycles. The van der Waals surface area contributed by atoms with Gasteiger partial charge >= 0.3 is 0 Å². The van der Waals surface area contributed by atoms with E-state index in [4.69, 9.17) is 4.74 Å². The first-order chi connectivity index (χ1) is 15.5. The van der Waals surface area contributed by atoms with Gasteiger partial charge in [0.25, 0.3) is 0 Å². The number of carbonyl (C=O) groups excluding carboxylic acids is 2. The van der Waals surface area contributed by atoms with Crippen molar-refractivity contribution in [3.8, 4) is 0 Å². The van der Waals surface area contributed by atoms with Crippen LogP contribution in [0.3, 0.4) is 0 Å². The Morgan fingerprint density at radius 2 is 1.72 bits per heavy atom. The van der Waals surface area contributed by atoms with Gasteiger partial charge in [-0.25, -0.2) is 0 Å². The van der Waals surface area contributed by atoms with Crippen LogP contribution in [-0.2, 0) is 27.4 Å². The Hall–Kier alpha value is -2.18. The van der Waals surface area contributed by atoms with Crippen LogP contribution in [0.25, 0.3) is 0 Å². The van der Waals surface area contributed by atoms with Crippen LogP contribution in [-0.4, -0.2) is 47.9 Å². The average molecular weight is 459 g/mol. The van der Waals surface area contributed by atoms with Crippen LogP contribution in [0.4, 0.5) is 0 Å². The monoisotopic (exact) mass is 458 g/mol. The minimum absolute atomic E-state index is 0.0121. The summed E-state index contributed by atoms with van der Waals surface area (Å²) in [6, 6.07) is 12.1. The van der Waals surface area contributed by atoms with E-state index in [9.17, 15) is 9.59 Å². The number of nitrogens with zero attached hydrogens (tertiary/aromatic N) is 2. The van der Waals surface area contributed by atoms with Crippen LogP contribution in [0.15, 0.2) is 41.8 Å². The summed E-state index contributed by atoms with van der Waals surface area (Å²) in [7, 11) is 0. The molecule has 32 heavy (non-hydrogen) atoms. The van der Waals surface area contributed by atoms with Crippen molar-refractivity contribution in [1.82, 2.24) is 9.80 Å². The van der Waals surface area contributed by atoms with Crippen molar-refractivity contribution in [2.75, 3.05) is 26.3 Å². The number of ether oxygens (including phenoxy) is 1. The lowest BCUT2D eigenvalue weighted by Crippen LogP contribution is -2.43. The van der Waals surface area contributed by atoms with Crippen molar-refractivity contribution in [2.45, 2.75) is 66.0 Å². The van der Waals surface area contributed by atoms with Crippen molar-refractivity contribution >= 4 is 23.2 Å². The summed E-state index contributed by atoms with van der Waals surface area (Å²) in [5.74, 6) is 0.0529. The maximum absolute atomic E-state index is 13.4. The van der Waals surface area contributed by atoms with E-state index in [0.29, 0.717) is 39.3 Å². The number of hydrogen-bond donors (Lipinski definition) is 0. The van der Waals surface area contributed by atoms with Gasteiger partial charge in [0, 0.05) is 37.6 Å². The number of rotatable bonds is 15. The molecule has 176 valence electrons. The van der Waals surface area contributed by atoms with Crippen molar-refractivity contribution < 1.29 is 14.3 Å². The molecule has 0 saturated heterocycles. The zero-order chi connectivity index (χ0) is 23.2. The Bertz CT molecular complexity index is 806. The van der Waals surface area contributed by atoms with Gasteiger partial charge in [-0.15, -0.1) is 11.3 Å². The van der Waals surface area contributed by atoms with Gasteiger partial charge in [-0.05, 0) is 49.3 Å². The number of thiophene rings is 1. The Labute approximate surface area is 197 Å². The van der Waals surface area contributed by atoms with Crippen molar-refractivity contribution in [3.05, 3.63) is 57.8 Å². The molecule has 0 unspecified atom stereocenters. The van der Waals surface area contributed by atoms with E-state index in [-0.39, 0.29) is 18.4 Å². The molecule has 0 saturated carbocycles. The molecule has 0 radical (unpaired) electrons. The maximum Gasteiger partial charge on any atom is 0.242 e. The zero-order valence-corrected chi connectivity index (χ0v) is 20.7. The number of benzene rings is 1. The predicted octanol–water partition coefficient (Wildman–Crippen LogP) is 5.42. The second kappa shape index (κ2) is 14.8. The smallest absolute Gasteiger partial charge is 0.242 e. The minimum Gasteiger partial charge on any atom is -0.382 e. The summed E-state index contributed by atoms with van der Waals surface area (Å²) < 4.78 is 5.44. The Balaban J connectivity index is 2.11. The molecule has 0 atom stereocenters. The largest absolute Gasteiger partial charge is 0.382 e.